The van der Waals surface area contributed by atoms with E-state index in [1.54, 1.807) is 23.3 Å². The molecule has 182 valence electrons. The summed E-state index contributed by atoms with van der Waals surface area (Å²) in [5, 5.41) is 16.6. The van der Waals surface area contributed by atoms with Gasteiger partial charge in [-0.15, -0.1) is 0 Å². The Balaban J connectivity index is 1.44. The van der Waals surface area contributed by atoms with Gasteiger partial charge in [-0.05, 0) is 32.8 Å². The number of hydrogen-bond donors (Lipinski definition) is 1. The third-order valence-corrected chi connectivity index (χ3v) is 7.10. The molecule has 0 radical (unpaired) electrons. The minimum atomic E-state index is -0.409. The lowest BCUT2D eigenvalue weighted by Gasteiger charge is -2.33. The SMILES string of the molecule is Cc1nn(-c2cncc(F)c2)c(C)c1-c1cc(N2CC3CCC(C2)O3)nc2c(-c3ccn[nH]3)cnn12. The number of ether oxygens (including phenoxy) is 1. The molecule has 2 bridgehead atoms. The van der Waals surface area contributed by atoms with E-state index in [1.165, 1.54) is 12.3 Å². The third kappa shape index (κ3) is 3.30. The number of aromatic amines is 1. The van der Waals surface area contributed by atoms with Gasteiger partial charge in [0.25, 0.3) is 0 Å². The number of aryl methyl sites for hydroxylation is 1. The molecule has 2 atom stereocenters. The molecule has 2 saturated heterocycles. The summed E-state index contributed by atoms with van der Waals surface area (Å²) in [5.41, 5.74) is 6.45. The summed E-state index contributed by atoms with van der Waals surface area (Å²) in [4.78, 5) is 11.4. The third-order valence-electron chi connectivity index (χ3n) is 7.10. The molecule has 11 heteroatoms. The van der Waals surface area contributed by atoms with E-state index in [9.17, 15) is 4.39 Å². The number of anilines is 1. The predicted octanol–water partition coefficient (Wildman–Crippen LogP) is 3.49. The number of rotatable bonds is 4. The topological polar surface area (TPSA) is 102 Å². The first-order valence-corrected chi connectivity index (χ1v) is 12.0. The lowest BCUT2D eigenvalue weighted by Crippen LogP contribution is -2.43. The largest absolute Gasteiger partial charge is 0.371 e. The molecule has 0 spiro atoms. The second-order valence-corrected chi connectivity index (χ2v) is 9.44. The Hall–Kier alpha value is -4.12. The number of aromatic nitrogens is 8. The summed E-state index contributed by atoms with van der Waals surface area (Å²) in [6.45, 7) is 5.53. The fraction of sp³-hybridized carbons (Fsp3) is 0.320. The number of H-pyrrole nitrogens is 1. The van der Waals surface area contributed by atoms with E-state index in [0.717, 1.165) is 71.3 Å². The molecule has 0 aliphatic carbocycles. The van der Waals surface area contributed by atoms with Crippen LogP contribution in [0.25, 0.3) is 33.8 Å². The standard InChI is InChI=1S/C25H24FN9O/c1-14-24(15(2)34(32-14)17-7-16(26)9-27-10-17)22-8-23(33-12-18-3-4-19(13-33)36-18)30-25-20(11-29-35(22)25)21-5-6-28-31-21/h5-11,18-19H,3-4,12-13H2,1-2H3,(H,28,31). The Bertz CT molecular complexity index is 1580. The van der Waals surface area contributed by atoms with Crippen molar-refractivity contribution in [1.82, 2.24) is 39.6 Å². The molecule has 0 saturated carbocycles. The minimum Gasteiger partial charge on any atom is -0.371 e. The molecule has 5 aromatic rings. The molecule has 1 N–H and O–H groups in total. The molecule has 2 aliphatic heterocycles. The number of fused-ring (bicyclic) bond motifs is 3. The van der Waals surface area contributed by atoms with Gasteiger partial charge in [-0.2, -0.15) is 15.3 Å². The molecule has 2 fully saturated rings. The zero-order valence-electron chi connectivity index (χ0n) is 19.9. The molecule has 36 heavy (non-hydrogen) atoms. The van der Waals surface area contributed by atoms with Crippen molar-refractivity contribution < 1.29 is 9.13 Å². The average molecular weight is 486 g/mol. The van der Waals surface area contributed by atoms with Crippen LogP contribution in [-0.4, -0.2) is 64.9 Å². The molecule has 2 aliphatic rings. The first-order chi connectivity index (χ1) is 17.5. The van der Waals surface area contributed by atoms with E-state index in [-0.39, 0.29) is 12.2 Å². The average Bonchev–Trinajstić information content (AvgIpc) is 3.66. The number of nitrogens with one attached hydrogen (secondary N) is 1. The molecule has 0 aromatic carbocycles. The summed E-state index contributed by atoms with van der Waals surface area (Å²) in [6, 6.07) is 5.41. The van der Waals surface area contributed by atoms with Crippen molar-refractivity contribution in [2.24, 2.45) is 0 Å². The molecule has 7 rings (SSSR count). The molecular weight excluding hydrogens is 461 g/mol. The fourth-order valence-electron chi connectivity index (χ4n) is 5.47. The molecule has 7 heterocycles. The number of morpholine rings is 1. The normalized spacial score (nSPS) is 19.5. The number of hydrogen-bond acceptors (Lipinski definition) is 7. The lowest BCUT2D eigenvalue weighted by atomic mass is 10.1. The number of halogens is 1. The van der Waals surface area contributed by atoms with E-state index < -0.39 is 5.82 Å². The first-order valence-electron chi connectivity index (χ1n) is 12.0. The van der Waals surface area contributed by atoms with Crippen LogP contribution in [0.4, 0.5) is 10.2 Å². The van der Waals surface area contributed by atoms with Crippen molar-refractivity contribution in [3.63, 3.8) is 0 Å². The second-order valence-electron chi connectivity index (χ2n) is 9.44. The number of nitrogens with zero attached hydrogens (tertiary/aromatic N) is 8. The van der Waals surface area contributed by atoms with Crippen LogP contribution in [0.15, 0.2) is 43.0 Å². The van der Waals surface area contributed by atoms with Crippen LogP contribution in [0.2, 0.25) is 0 Å². The van der Waals surface area contributed by atoms with E-state index in [4.69, 9.17) is 19.9 Å². The molecule has 2 unspecified atom stereocenters. The Morgan fingerprint density at radius 2 is 1.92 bits per heavy atom. The Morgan fingerprint density at radius 1 is 1.08 bits per heavy atom. The summed E-state index contributed by atoms with van der Waals surface area (Å²) in [7, 11) is 0. The number of pyridine rings is 1. The summed E-state index contributed by atoms with van der Waals surface area (Å²) < 4.78 is 23.6. The van der Waals surface area contributed by atoms with Crippen LogP contribution in [0.5, 0.6) is 0 Å². The Kier molecular flexibility index (Phi) is 4.68. The maximum atomic E-state index is 13.9. The Morgan fingerprint density at radius 3 is 2.67 bits per heavy atom. The van der Waals surface area contributed by atoms with E-state index in [1.807, 2.05) is 24.4 Å². The van der Waals surface area contributed by atoms with Gasteiger partial charge in [0.1, 0.15) is 11.6 Å². The van der Waals surface area contributed by atoms with Crippen molar-refractivity contribution >= 4 is 11.5 Å². The zero-order valence-corrected chi connectivity index (χ0v) is 19.9. The maximum Gasteiger partial charge on any atom is 0.167 e. The smallest absolute Gasteiger partial charge is 0.167 e. The van der Waals surface area contributed by atoms with Gasteiger partial charge >= 0.3 is 0 Å². The van der Waals surface area contributed by atoms with Gasteiger partial charge in [-0.25, -0.2) is 18.6 Å². The Labute approximate surface area is 205 Å². The molecule has 0 amide bonds. The van der Waals surface area contributed by atoms with Gasteiger partial charge in [0.2, 0.25) is 0 Å². The molecule has 10 nitrogen and oxygen atoms in total. The van der Waals surface area contributed by atoms with Crippen LogP contribution >= 0.6 is 0 Å². The van der Waals surface area contributed by atoms with Gasteiger partial charge in [0.05, 0.1) is 64.8 Å². The van der Waals surface area contributed by atoms with Crippen LogP contribution in [0.1, 0.15) is 24.2 Å². The highest BCUT2D eigenvalue weighted by Crippen LogP contribution is 2.35. The van der Waals surface area contributed by atoms with Crippen molar-refractivity contribution in [2.45, 2.75) is 38.9 Å². The van der Waals surface area contributed by atoms with Crippen molar-refractivity contribution in [1.29, 1.82) is 0 Å². The van der Waals surface area contributed by atoms with E-state index >= 15 is 0 Å². The summed E-state index contributed by atoms with van der Waals surface area (Å²) in [6.07, 6.45) is 8.93. The van der Waals surface area contributed by atoms with E-state index in [2.05, 4.69) is 26.1 Å². The van der Waals surface area contributed by atoms with Gasteiger partial charge in [-0.1, -0.05) is 0 Å². The van der Waals surface area contributed by atoms with Crippen LogP contribution in [0.3, 0.4) is 0 Å². The molecular formula is C25H24FN9O. The van der Waals surface area contributed by atoms with Crippen molar-refractivity contribution in [2.75, 3.05) is 18.0 Å². The van der Waals surface area contributed by atoms with Gasteiger partial charge in [-0.3, -0.25) is 10.1 Å². The van der Waals surface area contributed by atoms with Gasteiger partial charge in [0, 0.05) is 37.0 Å². The lowest BCUT2D eigenvalue weighted by molar-refractivity contribution is 0.0302. The highest BCUT2D eigenvalue weighted by molar-refractivity contribution is 5.80. The summed E-state index contributed by atoms with van der Waals surface area (Å²) in [5.74, 6) is 0.464. The van der Waals surface area contributed by atoms with Gasteiger partial charge < -0.3 is 9.64 Å². The maximum absolute atomic E-state index is 13.9. The zero-order chi connectivity index (χ0) is 24.4. The minimum absolute atomic E-state index is 0.230. The second kappa shape index (κ2) is 7.95. The predicted molar refractivity (Wildman–Crippen MR) is 130 cm³/mol. The van der Waals surface area contributed by atoms with Crippen molar-refractivity contribution in [3.05, 3.63) is 60.2 Å². The molecule has 5 aromatic heterocycles. The summed E-state index contributed by atoms with van der Waals surface area (Å²) >= 11 is 0. The fourth-order valence-corrected chi connectivity index (χ4v) is 5.47. The highest BCUT2D eigenvalue weighted by atomic mass is 19.1. The van der Waals surface area contributed by atoms with Crippen LogP contribution in [0, 0.1) is 19.7 Å². The van der Waals surface area contributed by atoms with Crippen LogP contribution in [-0.2, 0) is 4.74 Å². The monoisotopic (exact) mass is 485 g/mol. The quantitative estimate of drug-likeness (QED) is 0.416. The highest BCUT2D eigenvalue weighted by Gasteiger charge is 2.35. The first kappa shape index (κ1) is 21.2. The van der Waals surface area contributed by atoms with Gasteiger partial charge in [0.15, 0.2) is 5.65 Å². The van der Waals surface area contributed by atoms with Crippen LogP contribution < -0.4 is 4.90 Å². The van der Waals surface area contributed by atoms with E-state index in [0.29, 0.717) is 5.69 Å². The van der Waals surface area contributed by atoms with Crippen molar-refractivity contribution in [3.8, 4) is 28.2 Å².